The number of hydrogen-bond acceptors (Lipinski definition) is 3. The van der Waals surface area contributed by atoms with Crippen molar-refractivity contribution in [2.24, 2.45) is 0 Å². The van der Waals surface area contributed by atoms with Gasteiger partial charge in [0.05, 0.1) is 15.6 Å². The van der Waals surface area contributed by atoms with Crippen LogP contribution in [0.25, 0.3) is 0 Å². The van der Waals surface area contributed by atoms with E-state index >= 15 is 0 Å². The predicted molar refractivity (Wildman–Crippen MR) is 78.7 cm³/mol. The first-order valence-electron chi connectivity index (χ1n) is 6.01. The normalized spacial score (nSPS) is 13.9. The molecule has 0 aromatic heterocycles. The lowest BCUT2D eigenvalue weighted by atomic mass is 9.94. The maximum atomic E-state index is 12.2. The first kappa shape index (κ1) is 16.1. The molecule has 106 valence electrons. The lowest BCUT2D eigenvalue weighted by molar-refractivity contribution is 0.0886. The van der Waals surface area contributed by atoms with Crippen molar-refractivity contribution >= 4 is 34.8 Å². The molecule has 0 saturated heterocycles. The molecule has 0 radical (unpaired) electrons. The third-order valence-electron chi connectivity index (χ3n) is 3.15. The molecule has 0 bridgehead atoms. The highest BCUT2D eigenvalue weighted by Gasteiger charge is 2.25. The molecule has 4 nitrogen and oxygen atoms in total. The summed E-state index contributed by atoms with van der Waals surface area (Å²) in [5.41, 5.74) is 5.78. The fraction of sp³-hybridized carbons (Fsp3) is 0.462. The minimum Gasteiger partial charge on any atom is -0.399 e. The van der Waals surface area contributed by atoms with Crippen molar-refractivity contribution in [2.45, 2.75) is 32.2 Å². The van der Waals surface area contributed by atoms with Gasteiger partial charge in [0.1, 0.15) is 0 Å². The van der Waals surface area contributed by atoms with Crippen molar-refractivity contribution in [2.75, 3.05) is 12.3 Å². The van der Waals surface area contributed by atoms with Crippen LogP contribution >= 0.6 is 23.2 Å². The first-order valence-corrected chi connectivity index (χ1v) is 6.76. The van der Waals surface area contributed by atoms with Gasteiger partial charge in [0.15, 0.2) is 0 Å². The Labute approximate surface area is 122 Å². The summed E-state index contributed by atoms with van der Waals surface area (Å²) < 4.78 is 0. The molecule has 0 aliphatic heterocycles. The molecule has 1 atom stereocenters. The Hall–Kier alpha value is -0.970. The summed E-state index contributed by atoms with van der Waals surface area (Å²) in [7, 11) is 0. The van der Waals surface area contributed by atoms with Crippen LogP contribution in [0.4, 0.5) is 5.69 Å². The average Bonchev–Trinajstić information content (AvgIpc) is 2.33. The Morgan fingerprint density at radius 3 is 2.63 bits per heavy atom. The van der Waals surface area contributed by atoms with Gasteiger partial charge in [-0.3, -0.25) is 4.79 Å². The quantitative estimate of drug-likeness (QED) is 0.732. The Kier molecular flexibility index (Phi) is 5.47. The van der Waals surface area contributed by atoms with E-state index in [4.69, 9.17) is 34.0 Å². The number of benzene rings is 1. The summed E-state index contributed by atoms with van der Waals surface area (Å²) in [6, 6.07) is 2.98. The number of nitrogens with two attached hydrogens (primary N) is 1. The van der Waals surface area contributed by atoms with E-state index in [0.29, 0.717) is 18.5 Å². The predicted octanol–water partition coefficient (Wildman–Crippen LogP) is 2.86. The Bertz CT molecular complexity index is 480. The molecular weight excluding hydrogens is 287 g/mol. The van der Waals surface area contributed by atoms with Gasteiger partial charge in [-0.25, -0.2) is 0 Å². The highest BCUT2D eigenvalue weighted by atomic mass is 35.5. The SMILES string of the molecule is CCC(C)(CCO)NC(=O)c1cc(N)cc(Cl)c1Cl. The molecule has 4 N–H and O–H groups in total. The molecule has 1 aromatic rings. The highest BCUT2D eigenvalue weighted by molar-refractivity contribution is 6.44. The standard InChI is InChI=1S/C13H18Cl2N2O2/c1-3-13(2,4-5-18)17-12(19)9-6-8(16)7-10(14)11(9)15/h6-7,18H,3-5,16H2,1-2H3,(H,17,19). The molecule has 0 spiro atoms. The van der Waals surface area contributed by atoms with Gasteiger partial charge in [-0.1, -0.05) is 30.1 Å². The van der Waals surface area contributed by atoms with E-state index < -0.39 is 5.54 Å². The van der Waals surface area contributed by atoms with Gasteiger partial charge in [0, 0.05) is 17.8 Å². The summed E-state index contributed by atoms with van der Waals surface area (Å²) in [6.07, 6.45) is 1.15. The summed E-state index contributed by atoms with van der Waals surface area (Å²) in [4.78, 5) is 12.2. The highest BCUT2D eigenvalue weighted by Crippen LogP contribution is 2.29. The topological polar surface area (TPSA) is 75.3 Å². The van der Waals surface area contributed by atoms with Crippen LogP contribution in [0.2, 0.25) is 10.0 Å². The molecule has 0 fully saturated rings. The molecule has 0 saturated carbocycles. The molecule has 1 unspecified atom stereocenters. The molecule has 0 aliphatic rings. The fourth-order valence-electron chi connectivity index (χ4n) is 1.69. The minimum absolute atomic E-state index is 0.00393. The number of rotatable bonds is 5. The van der Waals surface area contributed by atoms with E-state index in [0.717, 1.165) is 0 Å². The molecule has 1 amide bonds. The van der Waals surface area contributed by atoms with E-state index in [9.17, 15) is 4.79 Å². The fourth-order valence-corrected chi connectivity index (χ4v) is 2.11. The van der Waals surface area contributed by atoms with Gasteiger partial charge in [-0.15, -0.1) is 0 Å². The Morgan fingerprint density at radius 2 is 2.11 bits per heavy atom. The Balaban J connectivity index is 3.01. The van der Waals surface area contributed by atoms with Crippen molar-refractivity contribution in [1.29, 1.82) is 0 Å². The van der Waals surface area contributed by atoms with Crippen molar-refractivity contribution in [1.82, 2.24) is 5.32 Å². The van der Waals surface area contributed by atoms with Crippen molar-refractivity contribution in [3.8, 4) is 0 Å². The van der Waals surface area contributed by atoms with Crippen LogP contribution in [0.5, 0.6) is 0 Å². The molecule has 1 rings (SSSR count). The zero-order valence-electron chi connectivity index (χ0n) is 11.0. The number of anilines is 1. The van der Waals surface area contributed by atoms with E-state index in [2.05, 4.69) is 5.32 Å². The van der Waals surface area contributed by atoms with Gasteiger partial charge < -0.3 is 16.2 Å². The van der Waals surface area contributed by atoms with E-state index in [1.165, 1.54) is 12.1 Å². The molecule has 19 heavy (non-hydrogen) atoms. The van der Waals surface area contributed by atoms with Crippen molar-refractivity contribution < 1.29 is 9.90 Å². The van der Waals surface area contributed by atoms with Crippen molar-refractivity contribution in [3.05, 3.63) is 27.7 Å². The molecule has 0 aliphatic carbocycles. The number of amides is 1. The zero-order chi connectivity index (χ0) is 14.6. The summed E-state index contributed by atoms with van der Waals surface area (Å²) >= 11 is 11.9. The zero-order valence-corrected chi connectivity index (χ0v) is 12.5. The lowest BCUT2D eigenvalue weighted by Crippen LogP contribution is -2.46. The van der Waals surface area contributed by atoms with Gasteiger partial charge in [-0.05, 0) is 31.9 Å². The van der Waals surface area contributed by atoms with E-state index in [1.54, 1.807) is 0 Å². The third kappa shape index (κ3) is 4.00. The van der Waals surface area contributed by atoms with Crippen LogP contribution in [0.15, 0.2) is 12.1 Å². The smallest absolute Gasteiger partial charge is 0.253 e. The number of hydrogen-bond donors (Lipinski definition) is 3. The largest absolute Gasteiger partial charge is 0.399 e. The summed E-state index contributed by atoms with van der Waals surface area (Å²) in [5, 5.41) is 12.3. The van der Waals surface area contributed by atoms with Gasteiger partial charge in [-0.2, -0.15) is 0 Å². The van der Waals surface area contributed by atoms with Crippen LogP contribution in [0, 0.1) is 0 Å². The van der Waals surface area contributed by atoms with E-state index in [1.807, 2.05) is 13.8 Å². The molecule has 0 heterocycles. The number of aliphatic hydroxyl groups is 1. The van der Waals surface area contributed by atoms with E-state index in [-0.39, 0.29) is 28.1 Å². The maximum Gasteiger partial charge on any atom is 0.253 e. The van der Waals surface area contributed by atoms with Crippen LogP contribution in [-0.2, 0) is 0 Å². The van der Waals surface area contributed by atoms with Crippen molar-refractivity contribution in [3.63, 3.8) is 0 Å². The molecular formula is C13H18Cl2N2O2. The number of aliphatic hydroxyl groups excluding tert-OH is 1. The van der Waals surface area contributed by atoms with Gasteiger partial charge in [0.25, 0.3) is 5.91 Å². The molecule has 6 heteroatoms. The first-order chi connectivity index (χ1) is 8.83. The van der Waals surface area contributed by atoms with Gasteiger partial charge >= 0.3 is 0 Å². The average molecular weight is 305 g/mol. The van der Waals surface area contributed by atoms with Gasteiger partial charge in [0.2, 0.25) is 0 Å². The monoisotopic (exact) mass is 304 g/mol. The summed E-state index contributed by atoms with van der Waals surface area (Å²) in [5.74, 6) is -0.350. The number of halogens is 2. The second kappa shape index (κ2) is 6.46. The van der Waals surface area contributed by atoms with Crippen LogP contribution < -0.4 is 11.1 Å². The summed E-state index contributed by atoms with van der Waals surface area (Å²) in [6.45, 7) is 3.79. The maximum absolute atomic E-state index is 12.2. The minimum atomic E-state index is -0.494. The second-order valence-electron chi connectivity index (χ2n) is 4.71. The number of nitrogens with one attached hydrogen (secondary N) is 1. The third-order valence-corrected chi connectivity index (χ3v) is 3.96. The number of nitrogen functional groups attached to an aromatic ring is 1. The van der Waals surface area contributed by atoms with Crippen LogP contribution in [0.1, 0.15) is 37.0 Å². The molecule has 1 aromatic carbocycles. The second-order valence-corrected chi connectivity index (χ2v) is 5.49. The number of carbonyl (C=O) groups excluding carboxylic acids is 1. The lowest BCUT2D eigenvalue weighted by Gasteiger charge is -2.29. The number of carbonyl (C=O) groups is 1. The van der Waals surface area contributed by atoms with Crippen LogP contribution in [-0.4, -0.2) is 23.2 Å². The van der Waals surface area contributed by atoms with Crippen LogP contribution in [0.3, 0.4) is 0 Å². The Morgan fingerprint density at radius 1 is 1.47 bits per heavy atom.